The lowest BCUT2D eigenvalue weighted by molar-refractivity contribution is -0.889. The summed E-state index contributed by atoms with van der Waals surface area (Å²) in [6.07, 6.45) is 1.32. The van der Waals surface area contributed by atoms with Crippen molar-refractivity contribution in [2.75, 3.05) is 50.9 Å². The lowest BCUT2D eigenvalue weighted by Gasteiger charge is -2.30. The summed E-state index contributed by atoms with van der Waals surface area (Å²) in [7, 11) is 0.773. The highest BCUT2D eigenvalue weighted by Crippen LogP contribution is 2.17. The van der Waals surface area contributed by atoms with Crippen LogP contribution in [0, 0.1) is 6.92 Å². The van der Waals surface area contributed by atoms with Crippen molar-refractivity contribution >= 4 is 39.0 Å². The molecule has 1 aromatic heterocycles. The second-order valence-corrected chi connectivity index (χ2v) is 10.6. The molecule has 0 fully saturated rings. The van der Waals surface area contributed by atoms with Crippen LogP contribution in [-0.4, -0.2) is 68.3 Å². The monoisotopic (exact) mass is 469 g/mol. The van der Waals surface area contributed by atoms with Gasteiger partial charge in [-0.2, -0.15) is 0 Å². The first-order chi connectivity index (χ1) is 14.4. The van der Waals surface area contributed by atoms with E-state index in [4.69, 9.17) is 23.1 Å². The zero-order valence-corrected chi connectivity index (χ0v) is 19.6. The molecular formula is C20H30ClN6O3S+. The summed E-state index contributed by atoms with van der Waals surface area (Å²) >= 11 is 5.81. The summed E-state index contributed by atoms with van der Waals surface area (Å²) in [5, 5.41) is 2.68. The highest BCUT2D eigenvalue weighted by atomic mass is 35.5. The number of rotatable bonds is 10. The Morgan fingerprint density at radius 3 is 2.35 bits per heavy atom. The van der Waals surface area contributed by atoms with Crippen LogP contribution in [0.25, 0.3) is 0 Å². The summed E-state index contributed by atoms with van der Waals surface area (Å²) in [6, 6.07) is 6.91. The SMILES string of the molecule is Cc1ccc(S(=O)(=O)CCCC[N+](C)(C)CCNC(=O)c2nc(Cl)c(N)nc2N)cc1. The van der Waals surface area contributed by atoms with Crippen LogP contribution in [0.1, 0.15) is 28.9 Å². The van der Waals surface area contributed by atoms with Crippen molar-refractivity contribution < 1.29 is 17.7 Å². The maximum atomic E-state index is 12.4. The van der Waals surface area contributed by atoms with Crippen molar-refractivity contribution in [1.29, 1.82) is 0 Å². The van der Waals surface area contributed by atoms with Crippen LogP contribution in [-0.2, 0) is 9.84 Å². The fraction of sp³-hybridized carbons (Fsp3) is 0.450. The standard InChI is InChI=1S/C20H29ClN6O3S/c1-14-6-8-15(9-7-14)31(29,30)13-5-4-11-27(2,3)12-10-24-20(28)16-18(22)26-19(23)17(21)25-16/h6-9H,4-5,10-13H2,1-3H3,(H4-,22,23,24,26,28)/p+1. The molecule has 11 heteroatoms. The lowest BCUT2D eigenvalue weighted by atomic mass is 10.2. The van der Waals surface area contributed by atoms with Crippen LogP contribution >= 0.6 is 11.6 Å². The van der Waals surface area contributed by atoms with Crippen LogP contribution in [0.3, 0.4) is 0 Å². The molecule has 5 N–H and O–H groups in total. The van der Waals surface area contributed by atoms with E-state index in [1.807, 2.05) is 21.0 Å². The molecule has 0 aliphatic heterocycles. The minimum atomic E-state index is -3.27. The van der Waals surface area contributed by atoms with Crippen molar-refractivity contribution in [3.8, 4) is 0 Å². The average Bonchev–Trinajstić information content (AvgIpc) is 2.68. The van der Waals surface area contributed by atoms with Crippen molar-refractivity contribution in [3.05, 3.63) is 40.7 Å². The molecule has 0 aliphatic rings. The number of benzene rings is 1. The second-order valence-electron chi connectivity index (χ2n) is 8.11. The molecule has 0 bridgehead atoms. The van der Waals surface area contributed by atoms with E-state index in [1.54, 1.807) is 24.3 Å². The van der Waals surface area contributed by atoms with E-state index in [-0.39, 0.29) is 28.2 Å². The fourth-order valence-corrected chi connectivity index (χ4v) is 4.47. The summed E-state index contributed by atoms with van der Waals surface area (Å²) in [5.74, 6) is -0.472. The van der Waals surface area contributed by atoms with Gasteiger partial charge in [-0.25, -0.2) is 18.4 Å². The number of nitrogen functional groups attached to an aromatic ring is 2. The Kier molecular flexibility index (Phi) is 8.21. The number of quaternary nitrogens is 1. The van der Waals surface area contributed by atoms with Crippen LogP contribution in [0.4, 0.5) is 11.6 Å². The Labute approximate surface area is 188 Å². The van der Waals surface area contributed by atoms with E-state index in [0.717, 1.165) is 18.5 Å². The number of aryl methyl sites for hydroxylation is 1. The molecule has 31 heavy (non-hydrogen) atoms. The quantitative estimate of drug-likeness (QED) is 0.355. The van der Waals surface area contributed by atoms with Gasteiger partial charge in [0.05, 0.1) is 44.4 Å². The molecular weight excluding hydrogens is 440 g/mol. The molecule has 2 rings (SSSR count). The summed E-state index contributed by atoms with van der Waals surface area (Å²) in [6.45, 7) is 3.73. The third-order valence-corrected chi connectivity index (χ3v) is 7.02. The Bertz CT molecular complexity index is 1030. The predicted octanol–water partition coefficient (Wildman–Crippen LogP) is 1.66. The number of likely N-dealkylation sites (N-methyl/N-ethyl adjacent to an activating group) is 1. The van der Waals surface area contributed by atoms with Gasteiger partial charge in [0.1, 0.15) is 0 Å². The van der Waals surface area contributed by atoms with Gasteiger partial charge in [0.2, 0.25) is 0 Å². The number of carbonyl (C=O) groups excluding carboxylic acids is 1. The van der Waals surface area contributed by atoms with E-state index in [1.165, 1.54) is 0 Å². The van der Waals surface area contributed by atoms with E-state index in [0.29, 0.717) is 28.9 Å². The molecule has 2 aromatic rings. The van der Waals surface area contributed by atoms with Gasteiger partial charge < -0.3 is 21.3 Å². The van der Waals surface area contributed by atoms with Gasteiger partial charge in [-0.3, -0.25) is 4.79 Å². The first-order valence-electron chi connectivity index (χ1n) is 9.89. The van der Waals surface area contributed by atoms with Crippen LogP contribution in [0.15, 0.2) is 29.2 Å². The number of unbranched alkanes of at least 4 members (excludes halogenated alkanes) is 1. The number of sulfone groups is 1. The van der Waals surface area contributed by atoms with Gasteiger partial charge >= 0.3 is 0 Å². The Morgan fingerprint density at radius 2 is 1.71 bits per heavy atom. The average molecular weight is 470 g/mol. The normalized spacial score (nSPS) is 12.0. The van der Waals surface area contributed by atoms with Crippen LogP contribution in [0.2, 0.25) is 5.15 Å². The van der Waals surface area contributed by atoms with Gasteiger partial charge in [0.25, 0.3) is 5.91 Å². The molecule has 0 atom stereocenters. The molecule has 9 nitrogen and oxygen atoms in total. The number of hydrogen-bond acceptors (Lipinski definition) is 7. The van der Waals surface area contributed by atoms with Gasteiger partial charge in [0, 0.05) is 0 Å². The minimum Gasteiger partial charge on any atom is -0.382 e. The van der Waals surface area contributed by atoms with Crippen molar-refractivity contribution in [2.45, 2.75) is 24.7 Å². The van der Waals surface area contributed by atoms with Gasteiger partial charge in [-0.1, -0.05) is 29.3 Å². The zero-order valence-electron chi connectivity index (χ0n) is 18.1. The Hall–Kier alpha value is -2.43. The molecule has 0 spiro atoms. The zero-order chi connectivity index (χ0) is 23.2. The molecule has 0 aliphatic carbocycles. The maximum absolute atomic E-state index is 12.4. The van der Waals surface area contributed by atoms with Gasteiger partial charge in [-0.05, 0) is 31.9 Å². The third-order valence-electron chi connectivity index (χ3n) is 4.93. The van der Waals surface area contributed by atoms with Crippen molar-refractivity contribution in [3.63, 3.8) is 0 Å². The Balaban J connectivity index is 1.77. The third kappa shape index (κ3) is 7.34. The van der Waals surface area contributed by atoms with E-state index in [9.17, 15) is 13.2 Å². The molecule has 0 unspecified atom stereocenters. The number of nitrogens with one attached hydrogen (secondary N) is 1. The summed E-state index contributed by atoms with van der Waals surface area (Å²) in [5.41, 5.74) is 12.2. The molecule has 0 saturated heterocycles. The lowest BCUT2D eigenvalue weighted by Crippen LogP contribution is -2.46. The largest absolute Gasteiger partial charge is 0.382 e. The highest BCUT2D eigenvalue weighted by molar-refractivity contribution is 7.91. The number of carbonyl (C=O) groups is 1. The number of nitrogens with zero attached hydrogens (tertiary/aromatic N) is 3. The van der Waals surface area contributed by atoms with E-state index < -0.39 is 15.7 Å². The number of anilines is 2. The number of halogens is 1. The minimum absolute atomic E-state index is 0.0297. The number of hydrogen-bond donors (Lipinski definition) is 3. The van der Waals surface area contributed by atoms with Crippen molar-refractivity contribution in [2.24, 2.45) is 0 Å². The van der Waals surface area contributed by atoms with Crippen LogP contribution < -0.4 is 16.8 Å². The first-order valence-corrected chi connectivity index (χ1v) is 11.9. The van der Waals surface area contributed by atoms with Crippen molar-refractivity contribution in [1.82, 2.24) is 15.3 Å². The molecule has 1 aromatic carbocycles. The number of amides is 1. The summed E-state index contributed by atoms with van der Waals surface area (Å²) in [4.78, 5) is 20.3. The second kappa shape index (κ2) is 10.3. The molecule has 1 heterocycles. The Morgan fingerprint density at radius 1 is 1.06 bits per heavy atom. The predicted molar refractivity (Wildman–Crippen MR) is 123 cm³/mol. The first kappa shape index (κ1) is 24.8. The van der Waals surface area contributed by atoms with E-state index in [2.05, 4.69) is 15.3 Å². The van der Waals surface area contributed by atoms with Gasteiger partial charge in [-0.15, -0.1) is 0 Å². The number of aromatic nitrogens is 2. The number of nitrogens with two attached hydrogens (primary N) is 2. The molecule has 0 radical (unpaired) electrons. The summed E-state index contributed by atoms with van der Waals surface area (Å²) < 4.78 is 25.5. The van der Waals surface area contributed by atoms with Gasteiger partial charge in [0.15, 0.2) is 32.3 Å². The molecule has 170 valence electrons. The highest BCUT2D eigenvalue weighted by Gasteiger charge is 2.20. The molecule has 1 amide bonds. The van der Waals surface area contributed by atoms with Crippen LogP contribution in [0.5, 0.6) is 0 Å². The van der Waals surface area contributed by atoms with E-state index >= 15 is 0 Å². The molecule has 0 saturated carbocycles. The smallest absolute Gasteiger partial charge is 0.273 e. The topological polar surface area (TPSA) is 141 Å². The maximum Gasteiger partial charge on any atom is 0.273 e. The fourth-order valence-electron chi connectivity index (χ4n) is 2.97.